The minimum absolute atomic E-state index is 0.0993. The minimum atomic E-state index is -1.33. The molecule has 0 spiro atoms. The molecule has 10 N–H and O–H groups in total. The second-order valence-electron chi connectivity index (χ2n) is 9.46. The highest BCUT2D eigenvalue weighted by molar-refractivity contribution is 4.98. The first kappa shape index (κ1) is 26.2. The fourth-order valence-corrected chi connectivity index (χ4v) is 4.96. The summed E-state index contributed by atoms with van der Waals surface area (Å²) in [4.78, 5) is 0. The Kier molecular flexibility index (Phi) is 9.26. The third kappa shape index (κ3) is 5.44. The molecule has 0 aromatic carbocycles. The quantitative estimate of drug-likeness (QED) is 0.215. The van der Waals surface area contributed by atoms with Crippen LogP contribution in [0.2, 0.25) is 0 Å². The lowest BCUT2D eigenvalue weighted by Gasteiger charge is -2.48. The highest BCUT2D eigenvalue weighted by atomic mass is 16.7. The summed E-state index contributed by atoms with van der Waals surface area (Å²) in [6, 6.07) is -1.50. The Bertz CT molecular complexity index is 587. The average Bonchev–Trinajstić information content (AvgIpc) is 2.79. The zero-order valence-corrected chi connectivity index (χ0v) is 18.9. The Morgan fingerprint density at radius 2 is 1.62 bits per heavy atom. The van der Waals surface area contributed by atoms with E-state index in [2.05, 4.69) is 0 Å². The molecule has 1 aliphatic carbocycles. The molecule has 0 aromatic rings. The predicted octanol–water partition coefficient (Wildman–Crippen LogP) is -2.26. The summed E-state index contributed by atoms with van der Waals surface area (Å²) in [5.41, 5.74) is 18.0. The van der Waals surface area contributed by atoms with Gasteiger partial charge >= 0.3 is 0 Å². The fourth-order valence-electron chi connectivity index (χ4n) is 4.96. The van der Waals surface area contributed by atoms with Gasteiger partial charge in [-0.3, -0.25) is 0 Å². The van der Waals surface area contributed by atoms with Gasteiger partial charge in [-0.05, 0) is 25.2 Å². The summed E-state index contributed by atoms with van der Waals surface area (Å²) in [6.45, 7) is 3.89. The van der Waals surface area contributed by atoms with Crippen LogP contribution in [0.25, 0.3) is 0 Å². The van der Waals surface area contributed by atoms with Crippen molar-refractivity contribution in [1.82, 2.24) is 0 Å². The molecule has 2 saturated heterocycles. The number of nitrogens with two attached hydrogens (primary N) is 3. The predicted molar refractivity (Wildman–Crippen MR) is 114 cm³/mol. The Morgan fingerprint density at radius 3 is 2.25 bits per heavy atom. The zero-order valence-electron chi connectivity index (χ0n) is 18.9. The van der Waals surface area contributed by atoms with Gasteiger partial charge in [0.2, 0.25) is 0 Å². The van der Waals surface area contributed by atoms with Crippen molar-refractivity contribution in [1.29, 1.82) is 0 Å². The van der Waals surface area contributed by atoms with E-state index < -0.39 is 67.9 Å². The van der Waals surface area contributed by atoms with Gasteiger partial charge < -0.3 is 56.6 Å². The maximum absolute atomic E-state index is 11.2. The largest absolute Gasteiger partial charge is 0.394 e. The number of aliphatic hydroxyl groups excluding tert-OH is 4. The molecule has 0 aromatic heterocycles. The van der Waals surface area contributed by atoms with E-state index >= 15 is 0 Å². The summed E-state index contributed by atoms with van der Waals surface area (Å²) in [7, 11) is 0. The smallest absolute Gasteiger partial charge is 0.186 e. The number of ether oxygens (including phenoxy) is 4. The molecule has 3 aliphatic rings. The summed E-state index contributed by atoms with van der Waals surface area (Å²) in [5.74, 6) is 0.00144. The van der Waals surface area contributed by atoms with E-state index in [0.717, 1.165) is 12.8 Å². The molecule has 0 radical (unpaired) electrons. The molecule has 0 amide bonds. The van der Waals surface area contributed by atoms with Gasteiger partial charge in [-0.15, -0.1) is 0 Å². The highest BCUT2D eigenvalue weighted by Crippen LogP contribution is 2.36. The van der Waals surface area contributed by atoms with E-state index in [4.69, 9.17) is 36.1 Å². The molecule has 3 rings (SSSR count). The second-order valence-corrected chi connectivity index (χ2v) is 9.46. The van der Waals surface area contributed by atoms with Crippen LogP contribution in [0.1, 0.15) is 39.5 Å². The lowest BCUT2D eigenvalue weighted by molar-refractivity contribution is -0.319. The summed E-state index contributed by atoms with van der Waals surface area (Å²) >= 11 is 0. The summed E-state index contributed by atoms with van der Waals surface area (Å²) < 4.78 is 23.7. The van der Waals surface area contributed by atoms with Crippen molar-refractivity contribution in [2.45, 2.75) is 107 Å². The maximum atomic E-state index is 11.2. The monoisotopic (exact) mass is 463 g/mol. The van der Waals surface area contributed by atoms with Crippen LogP contribution in [0.3, 0.4) is 0 Å². The summed E-state index contributed by atoms with van der Waals surface area (Å²) in [5, 5.41) is 41.3. The molecule has 3 fully saturated rings. The second kappa shape index (κ2) is 11.3. The van der Waals surface area contributed by atoms with Crippen molar-refractivity contribution in [2.75, 3.05) is 13.2 Å². The normalized spacial score (nSPS) is 50.3. The number of hydrogen-bond acceptors (Lipinski definition) is 11. The number of hydrogen-bond donors (Lipinski definition) is 7. The maximum Gasteiger partial charge on any atom is 0.186 e. The van der Waals surface area contributed by atoms with Gasteiger partial charge in [-0.2, -0.15) is 0 Å². The standard InChI is InChI=1S/C21H41N3O8/c1-3-10-6-12(23)19(32-20-9(2)4-5-11(7-22)29-20)17(28)18(10)31-21-16(27)14(24)15(26)13(8-25)30-21/h9-21,25-28H,3-8,22-24H2,1-2H3. The van der Waals surface area contributed by atoms with Gasteiger partial charge in [-0.1, -0.05) is 20.3 Å². The van der Waals surface area contributed by atoms with Crippen LogP contribution < -0.4 is 17.2 Å². The molecule has 13 unspecified atom stereocenters. The first-order valence-electron chi connectivity index (χ1n) is 11.7. The third-order valence-corrected chi connectivity index (χ3v) is 7.18. The van der Waals surface area contributed by atoms with Crippen molar-refractivity contribution < 1.29 is 39.4 Å². The molecule has 2 heterocycles. The SMILES string of the molecule is CCC1CC(N)C(OC2OC(CN)CCC2C)C(O)C1OC1OC(CO)C(O)C(N)C1O. The first-order chi connectivity index (χ1) is 15.2. The molecule has 13 atom stereocenters. The molecule has 188 valence electrons. The average molecular weight is 464 g/mol. The van der Waals surface area contributed by atoms with E-state index in [-0.39, 0.29) is 17.9 Å². The van der Waals surface area contributed by atoms with Gasteiger partial charge in [0.05, 0.1) is 24.9 Å². The minimum Gasteiger partial charge on any atom is -0.394 e. The molecule has 11 nitrogen and oxygen atoms in total. The number of aliphatic hydroxyl groups is 4. The summed E-state index contributed by atoms with van der Waals surface area (Å²) in [6.07, 6.45) is -5.09. The van der Waals surface area contributed by atoms with Crippen LogP contribution in [0.4, 0.5) is 0 Å². The van der Waals surface area contributed by atoms with Gasteiger partial charge in [0.15, 0.2) is 12.6 Å². The van der Waals surface area contributed by atoms with Crippen molar-refractivity contribution in [2.24, 2.45) is 29.0 Å². The molecule has 32 heavy (non-hydrogen) atoms. The van der Waals surface area contributed by atoms with E-state index in [9.17, 15) is 20.4 Å². The van der Waals surface area contributed by atoms with Gasteiger partial charge in [-0.25, -0.2) is 0 Å². The lowest BCUT2D eigenvalue weighted by atomic mass is 9.78. The van der Waals surface area contributed by atoms with E-state index in [1.807, 2.05) is 13.8 Å². The van der Waals surface area contributed by atoms with Crippen LogP contribution in [-0.2, 0) is 18.9 Å². The third-order valence-electron chi connectivity index (χ3n) is 7.18. The van der Waals surface area contributed by atoms with Gasteiger partial charge in [0.25, 0.3) is 0 Å². The van der Waals surface area contributed by atoms with E-state index in [1.54, 1.807) is 0 Å². The van der Waals surface area contributed by atoms with Crippen molar-refractivity contribution in [3.05, 3.63) is 0 Å². The molecule has 0 bridgehead atoms. The van der Waals surface area contributed by atoms with Gasteiger partial charge in [0, 0.05) is 18.5 Å². The fraction of sp³-hybridized carbons (Fsp3) is 1.00. The molecule has 11 heteroatoms. The Hall–Kier alpha value is -0.440. The van der Waals surface area contributed by atoms with Crippen LogP contribution in [0.5, 0.6) is 0 Å². The van der Waals surface area contributed by atoms with E-state index in [1.165, 1.54) is 0 Å². The Labute approximate surface area is 189 Å². The topological polar surface area (TPSA) is 196 Å². The molecule has 1 saturated carbocycles. The van der Waals surface area contributed by atoms with Crippen LogP contribution >= 0.6 is 0 Å². The number of rotatable bonds is 7. The molecule has 2 aliphatic heterocycles. The van der Waals surface area contributed by atoms with E-state index in [0.29, 0.717) is 19.4 Å². The Balaban J connectivity index is 1.73. The van der Waals surface area contributed by atoms with Crippen LogP contribution in [-0.4, -0.2) is 101 Å². The molecular formula is C21H41N3O8. The van der Waals surface area contributed by atoms with Gasteiger partial charge in [0.1, 0.15) is 30.5 Å². The van der Waals surface area contributed by atoms with Crippen molar-refractivity contribution in [3.63, 3.8) is 0 Å². The van der Waals surface area contributed by atoms with Crippen LogP contribution in [0.15, 0.2) is 0 Å². The molecular weight excluding hydrogens is 422 g/mol. The zero-order chi connectivity index (χ0) is 23.6. The lowest BCUT2D eigenvalue weighted by Crippen LogP contribution is -2.65. The van der Waals surface area contributed by atoms with Crippen molar-refractivity contribution >= 4 is 0 Å². The Morgan fingerprint density at radius 1 is 0.938 bits per heavy atom. The highest BCUT2D eigenvalue weighted by Gasteiger charge is 2.50. The van der Waals surface area contributed by atoms with Crippen LogP contribution in [0, 0.1) is 11.8 Å². The first-order valence-corrected chi connectivity index (χ1v) is 11.7. The van der Waals surface area contributed by atoms with Crippen molar-refractivity contribution in [3.8, 4) is 0 Å².